The predicted octanol–water partition coefficient (Wildman–Crippen LogP) is 3.36. The van der Waals surface area contributed by atoms with E-state index in [-0.39, 0.29) is 10.8 Å². The molecule has 1 aromatic heterocycles. The molecule has 0 unspecified atom stereocenters. The molecule has 23 heavy (non-hydrogen) atoms. The van der Waals surface area contributed by atoms with Gasteiger partial charge in [0.1, 0.15) is 10.8 Å². The first-order valence-electron chi connectivity index (χ1n) is 6.97. The molecule has 1 aliphatic heterocycles. The van der Waals surface area contributed by atoms with Crippen LogP contribution >= 0.6 is 34.8 Å². The van der Waals surface area contributed by atoms with Gasteiger partial charge in [-0.05, 0) is 18.2 Å². The third kappa shape index (κ3) is 3.22. The van der Waals surface area contributed by atoms with Crippen molar-refractivity contribution in [2.75, 3.05) is 18.0 Å². The first-order valence-corrected chi connectivity index (χ1v) is 8.10. The summed E-state index contributed by atoms with van der Waals surface area (Å²) in [5.41, 5.74) is 0.471. The van der Waals surface area contributed by atoms with Crippen LogP contribution in [-0.4, -0.2) is 28.7 Å². The number of carbonyl (C=O) groups is 1. The largest absolute Gasteiger partial charge is 0.368 e. The van der Waals surface area contributed by atoms with Crippen LogP contribution in [0.1, 0.15) is 12.8 Å². The second-order valence-electron chi connectivity index (χ2n) is 5.18. The van der Waals surface area contributed by atoms with Crippen LogP contribution in [0, 0.1) is 0 Å². The summed E-state index contributed by atoms with van der Waals surface area (Å²) in [5, 5.41) is 4.99. The lowest BCUT2D eigenvalue weighted by Gasteiger charge is -2.28. The molecule has 0 aliphatic carbocycles. The molecule has 0 atom stereocenters. The Hall–Kier alpha value is -1.56. The molecule has 0 amide bonds. The Kier molecular flexibility index (Phi) is 4.62. The van der Waals surface area contributed by atoms with E-state index in [0.717, 1.165) is 4.68 Å². The maximum atomic E-state index is 12.5. The number of hydrogen-bond acceptors (Lipinski definition) is 4. The highest BCUT2D eigenvalue weighted by Gasteiger charge is 2.21. The van der Waals surface area contributed by atoms with Gasteiger partial charge < -0.3 is 4.90 Å². The summed E-state index contributed by atoms with van der Waals surface area (Å²) < 4.78 is 1.14. The van der Waals surface area contributed by atoms with Gasteiger partial charge in [-0.2, -0.15) is 9.78 Å². The van der Waals surface area contributed by atoms with Crippen LogP contribution in [0.2, 0.25) is 15.1 Å². The number of Topliss-reactive ketones (excluding diaryl/α,β-unsaturated/α-hetero) is 1. The highest BCUT2D eigenvalue weighted by molar-refractivity contribution is 6.36. The Morgan fingerprint density at radius 2 is 1.70 bits per heavy atom. The molecule has 0 saturated carbocycles. The Morgan fingerprint density at radius 3 is 2.35 bits per heavy atom. The number of carbonyl (C=O) groups excluding carboxylic acids is 1. The summed E-state index contributed by atoms with van der Waals surface area (Å²) >= 11 is 18.2. The van der Waals surface area contributed by atoms with Crippen molar-refractivity contribution < 1.29 is 4.79 Å². The maximum absolute atomic E-state index is 12.5. The molecule has 2 heterocycles. The molecule has 1 fully saturated rings. The molecule has 1 aromatic carbocycles. The summed E-state index contributed by atoms with van der Waals surface area (Å²) in [6, 6.07) is 4.76. The van der Waals surface area contributed by atoms with E-state index in [1.165, 1.54) is 12.3 Å². The lowest BCUT2D eigenvalue weighted by Crippen LogP contribution is -2.35. The standard InChI is InChI=1S/C15H12Cl3N3O2/c16-9-1-2-12(11(17)7-9)21-15(23)14(18)13(8-19-21)20-5-3-10(22)4-6-20/h1-2,7-8H,3-6H2. The Morgan fingerprint density at radius 1 is 1.00 bits per heavy atom. The summed E-state index contributed by atoms with van der Waals surface area (Å²) in [6.45, 7) is 1.07. The van der Waals surface area contributed by atoms with Gasteiger partial charge in [-0.1, -0.05) is 34.8 Å². The molecule has 2 aromatic rings. The molecule has 0 N–H and O–H groups in total. The van der Waals surface area contributed by atoms with E-state index in [2.05, 4.69) is 5.10 Å². The number of benzene rings is 1. The van der Waals surface area contributed by atoms with E-state index < -0.39 is 5.56 Å². The minimum Gasteiger partial charge on any atom is -0.368 e. The first kappa shape index (κ1) is 16.3. The van der Waals surface area contributed by atoms with E-state index in [1.54, 1.807) is 12.1 Å². The van der Waals surface area contributed by atoms with Crippen molar-refractivity contribution in [2.45, 2.75) is 12.8 Å². The van der Waals surface area contributed by atoms with Crippen molar-refractivity contribution in [3.8, 4) is 5.69 Å². The van der Waals surface area contributed by atoms with E-state index >= 15 is 0 Å². The van der Waals surface area contributed by atoms with Gasteiger partial charge in [-0.25, -0.2) is 0 Å². The van der Waals surface area contributed by atoms with E-state index in [4.69, 9.17) is 34.8 Å². The number of anilines is 1. The summed E-state index contributed by atoms with van der Waals surface area (Å²) in [4.78, 5) is 25.7. The fourth-order valence-electron chi connectivity index (χ4n) is 2.47. The number of rotatable bonds is 2. The second kappa shape index (κ2) is 6.51. The molecule has 120 valence electrons. The van der Waals surface area contributed by atoms with Crippen LogP contribution in [0.15, 0.2) is 29.2 Å². The smallest absolute Gasteiger partial charge is 0.292 e. The molecule has 0 radical (unpaired) electrons. The molecule has 1 aliphatic rings. The van der Waals surface area contributed by atoms with Crippen molar-refractivity contribution in [2.24, 2.45) is 0 Å². The van der Waals surface area contributed by atoms with E-state index in [1.807, 2.05) is 4.90 Å². The van der Waals surface area contributed by atoms with Crippen molar-refractivity contribution in [1.29, 1.82) is 0 Å². The molecule has 5 nitrogen and oxygen atoms in total. The minimum atomic E-state index is -0.467. The summed E-state index contributed by atoms with van der Waals surface area (Å²) in [6.07, 6.45) is 2.41. The Balaban J connectivity index is 2.01. The van der Waals surface area contributed by atoms with E-state index in [9.17, 15) is 9.59 Å². The molecule has 0 spiro atoms. The normalized spacial score (nSPS) is 15.1. The van der Waals surface area contributed by atoms with E-state index in [0.29, 0.717) is 47.4 Å². The lowest BCUT2D eigenvalue weighted by molar-refractivity contribution is -0.119. The zero-order chi connectivity index (χ0) is 16.6. The van der Waals surface area contributed by atoms with Crippen molar-refractivity contribution in [3.63, 3.8) is 0 Å². The monoisotopic (exact) mass is 371 g/mol. The van der Waals surface area contributed by atoms with Gasteiger partial charge in [0.25, 0.3) is 5.56 Å². The SMILES string of the molecule is O=C1CCN(c2cnn(-c3ccc(Cl)cc3Cl)c(=O)c2Cl)CC1. The topological polar surface area (TPSA) is 55.2 Å². The van der Waals surface area contributed by atoms with Gasteiger partial charge in [0.05, 0.1) is 22.6 Å². The first-order chi connectivity index (χ1) is 11.0. The number of ketones is 1. The number of halogens is 3. The van der Waals surface area contributed by atoms with Gasteiger partial charge in [0.15, 0.2) is 0 Å². The van der Waals surface area contributed by atoms with Crippen molar-refractivity contribution >= 4 is 46.3 Å². The molecule has 8 heteroatoms. The fourth-order valence-corrected chi connectivity index (χ4v) is 3.20. The average molecular weight is 373 g/mol. The molecule has 3 rings (SSSR count). The van der Waals surface area contributed by atoms with Crippen LogP contribution in [0.5, 0.6) is 0 Å². The fraction of sp³-hybridized carbons (Fsp3) is 0.267. The lowest BCUT2D eigenvalue weighted by atomic mass is 10.1. The third-order valence-corrected chi connectivity index (χ3v) is 4.59. The van der Waals surface area contributed by atoms with Crippen molar-refractivity contribution in [3.05, 3.63) is 49.8 Å². The van der Waals surface area contributed by atoms with Crippen LogP contribution in [0.4, 0.5) is 5.69 Å². The van der Waals surface area contributed by atoms with Crippen LogP contribution in [0.25, 0.3) is 5.69 Å². The molecule has 0 bridgehead atoms. The average Bonchev–Trinajstić information content (AvgIpc) is 2.52. The number of aromatic nitrogens is 2. The third-order valence-electron chi connectivity index (χ3n) is 3.70. The summed E-state index contributed by atoms with van der Waals surface area (Å²) in [7, 11) is 0. The minimum absolute atomic E-state index is 0.0559. The van der Waals surface area contributed by atoms with Gasteiger partial charge in [0, 0.05) is 31.0 Å². The van der Waals surface area contributed by atoms with Crippen LogP contribution < -0.4 is 10.5 Å². The predicted molar refractivity (Wildman–Crippen MR) is 91.3 cm³/mol. The van der Waals surface area contributed by atoms with Crippen LogP contribution in [-0.2, 0) is 4.79 Å². The Bertz CT molecular complexity index is 825. The molecular formula is C15H12Cl3N3O2. The Labute approximate surface area is 147 Å². The number of piperidine rings is 1. The molecule has 1 saturated heterocycles. The van der Waals surface area contributed by atoms with Crippen LogP contribution in [0.3, 0.4) is 0 Å². The van der Waals surface area contributed by atoms with Gasteiger partial charge in [0.2, 0.25) is 0 Å². The van der Waals surface area contributed by atoms with Crippen molar-refractivity contribution in [1.82, 2.24) is 9.78 Å². The quantitative estimate of drug-likeness (QED) is 0.811. The zero-order valence-electron chi connectivity index (χ0n) is 11.9. The van der Waals surface area contributed by atoms with Gasteiger partial charge >= 0.3 is 0 Å². The van der Waals surface area contributed by atoms with Gasteiger partial charge in [-0.3, -0.25) is 9.59 Å². The molecular weight excluding hydrogens is 361 g/mol. The van der Waals surface area contributed by atoms with Gasteiger partial charge in [-0.15, -0.1) is 0 Å². The highest BCUT2D eigenvalue weighted by atomic mass is 35.5. The summed E-state index contributed by atoms with van der Waals surface area (Å²) in [5.74, 6) is 0.214. The zero-order valence-corrected chi connectivity index (χ0v) is 14.2. The highest BCUT2D eigenvalue weighted by Crippen LogP contribution is 2.26. The number of nitrogens with zero attached hydrogens (tertiary/aromatic N) is 3. The number of hydrogen-bond donors (Lipinski definition) is 0. The second-order valence-corrected chi connectivity index (χ2v) is 6.40. The maximum Gasteiger partial charge on any atom is 0.292 e.